The van der Waals surface area contributed by atoms with E-state index in [4.69, 9.17) is 0 Å². The average Bonchev–Trinajstić information content (AvgIpc) is 3.76. The topological polar surface area (TPSA) is 17.9 Å². The quantitative estimate of drug-likeness (QED) is 0.115. The van der Waals surface area contributed by atoms with Crippen LogP contribution in [0.5, 0.6) is 0 Å². The van der Waals surface area contributed by atoms with E-state index in [9.17, 15) is 0 Å². The highest BCUT2D eigenvalue weighted by molar-refractivity contribution is 6.12. The molecule has 0 saturated heterocycles. The van der Waals surface area contributed by atoms with Crippen molar-refractivity contribution in [3.05, 3.63) is 297 Å². The molecule has 0 fully saturated rings. The highest BCUT2D eigenvalue weighted by Crippen LogP contribution is 2.45. The molecule has 338 valence electrons. The van der Waals surface area contributed by atoms with E-state index in [-0.39, 0.29) is 0 Å². The minimum Gasteiger partial charge on any atom is -0.310 e. The summed E-state index contributed by atoms with van der Waals surface area (Å²) in [6.07, 6.45) is 0. The third kappa shape index (κ3) is 8.43. The lowest BCUT2D eigenvalue weighted by molar-refractivity contribution is 1.18. The van der Waals surface area contributed by atoms with Gasteiger partial charge in [0.1, 0.15) is 0 Å². The Morgan fingerprint density at radius 3 is 0.690 bits per heavy atom. The molecule has 71 heavy (non-hydrogen) atoms. The summed E-state index contributed by atoms with van der Waals surface area (Å²) in [4.78, 5) is 9.39. The van der Waals surface area contributed by atoms with Gasteiger partial charge in [0.25, 0.3) is 0 Å². The lowest BCUT2D eigenvalue weighted by Gasteiger charge is -2.29. The van der Waals surface area contributed by atoms with Gasteiger partial charge in [-0.05, 0) is 158 Å². The number of aromatic nitrogens is 1. The summed E-state index contributed by atoms with van der Waals surface area (Å²) in [5.41, 5.74) is 16.2. The van der Waals surface area contributed by atoms with E-state index in [0.29, 0.717) is 0 Å². The van der Waals surface area contributed by atoms with Crippen LogP contribution in [0, 0.1) is 0 Å². The second-order valence-electron chi connectivity index (χ2n) is 17.5. The van der Waals surface area contributed by atoms with Crippen molar-refractivity contribution < 1.29 is 0 Å². The molecular formula is C66H49N5. The number of benzene rings is 11. The molecule has 0 bridgehead atoms. The van der Waals surface area contributed by atoms with Gasteiger partial charge in [-0.15, -0.1) is 0 Å². The molecule has 11 aromatic carbocycles. The SMILES string of the molecule is c1ccc(N(c2ccccc2)c2cccc(N(c3ccccc3)c3ccc4c(c3)c3cc(N(c5ccccc5)c5cccc(N(c6ccccc6)c6ccccc6)c5)ccc3n4-c3ccccc3)c2)cc1. The molecule has 12 aromatic rings. The summed E-state index contributed by atoms with van der Waals surface area (Å²) >= 11 is 0. The van der Waals surface area contributed by atoms with Crippen molar-refractivity contribution in [2.45, 2.75) is 0 Å². The van der Waals surface area contributed by atoms with E-state index in [1.54, 1.807) is 0 Å². The highest BCUT2D eigenvalue weighted by atomic mass is 15.2. The molecule has 0 unspecified atom stereocenters. The van der Waals surface area contributed by atoms with Crippen molar-refractivity contribution in [1.82, 2.24) is 4.57 Å². The van der Waals surface area contributed by atoms with Gasteiger partial charge in [0.15, 0.2) is 0 Å². The molecule has 0 atom stereocenters. The monoisotopic (exact) mass is 911 g/mol. The van der Waals surface area contributed by atoms with Crippen LogP contribution in [-0.4, -0.2) is 4.57 Å². The number of hydrogen-bond acceptors (Lipinski definition) is 4. The maximum Gasteiger partial charge on any atom is 0.0542 e. The van der Waals surface area contributed by atoms with Gasteiger partial charge in [-0.2, -0.15) is 0 Å². The maximum atomic E-state index is 2.40. The lowest BCUT2D eigenvalue weighted by atomic mass is 10.1. The van der Waals surface area contributed by atoms with E-state index >= 15 is 0 Å². The molecule has 0 aliphatic rings. The van der Waals surface area contributed by atoms with Crippen LogP contribution in [0.1, 0.15) is 0 Å². The van der Waals surface area contributed by atoms with Crippen LogP contribution in [0.25, 0.3) is 27.5 Å². The van der Waals surface area contributed by atoms with Crippen molar-refractivity contribution in [2.75, 3.05) is 19.6 Å². The Hall–Kier alpha value is -9.58. The zero-order valence-electron chi connectivity index (χ0n) is 39.0. The van der Waals surface area contributed by atoms with E-state index in [2.05, 4.69) is 321 Å². The number of rotatable bonds is 13. The van der Waals surface area contributed by atoms with Gasteiger partial charge in [-0.1, -0.05) is 140 Å². The summed E-state index contributed by atoms with van der Waals surface area (Å²) in [6.45, 7) is 0. The number of hydrogen-bond donors (Lipinski definition) is 0. The molecule has 0 amide bonds. The zero-order valence-corrected chi connectivity index (χ0v) is 39.0. The molecule has 0 aliphatic heterocycles. The number of nitrogens with zero attached hydrogens (tertiary/aromatic N) is 5. The summed E-state index contributed by atoms with van der Waals surface area (Å²) in [7, 11) is 0. The fourth-order valence-corrected chi connectivity index (χ4v) is 9.93. The first-order valence-corrected chi connectivity index (χ1v) is 24.1. The van der Waals surface area contributed by atoms with Gasteiger partial charge in [-0.3, -0.25) is 0 Å². The van der Waals surface area contributed by atoms with Gasteiger partial charge in [0.05, 0.1) is 11.0 Å². The predicted molar refractivity (Wildman–Crippen MR) is 300 cm³/mol. The number of anilines is 12. The number of para-hydroxylation sites is 7. The van der Waals surface area contributed by atoms with Gasteiger partial charge in [0, 0.05) is 84.7 Å². The van der Waals surface area contributed by atoms with Crippen LogP contribution in [0.2, 0.25) is 0 Å². The Bertz CT molecular complexity index is 3390. The predicted octanol–water partition coefficient (Wildman–Crippen LogP) is 18.7. The van der Waals surface area contributed by atoms with E-state index in [1.807, 2.05) is 0 Å². The minimum atomic E-state index is 1.05. The van der Waals surface area contributed by atoms with Crippen molar-refractivity contribution in [3.8, 4) is 5.69 Å². The second kappa shape index (κ2) is 19.2. The first-order chi connectivity index (χ1) is 35.2. The third-order valence-corrected chi connectivity index (χ3v) is 13.0. The largest absolute Gasteiger partial charge is 0.310 e. The van der Waals surface area contributed by atoms with Gasteiger partial charge < -0.3 is 24.2 Å². The Balaban J connectivity index is 1.04. The van der Waals surface area contributed by atoms with Crippen LogP contribution in [0.15, 0.2) is 297 Å². The Labute approximate surface area is 415 Å². The molecule has 0 N–H and O–H groups in total. The summed E-state index contributed by atoms with van der Waals surface area (Å²) in [5, 5.41) is 2.30. The molecule has 5 heteroatoms. The molecule has 0 spiro atoms. The fourth-order valence-electron chi connectivity index (χ4n) is 9.93. The van der Waals surface area contributed by atoms with Crippen molar-refractivity contribution in [1.29, 1.82) is 0 Å². The molecule has 1 heterocycles. The molecule has 0 saturated carbocycles. The minimum absolute atomic E-state index is 1.05. The maximum absolute atomic E-state index is 2.40. The Morgan fingerprint density at radius 1 is 0.183 bits per heavy atom. The van der Waals surface area contributed by atoms with Gasteiger partial charge >= 0.3 is 0 Å². The third-order valence-electron chi connectivity index (χ3n) is 13.0. The Morgan fingerprint density at radius 2 is 0.408 bits per heavy atom. The first-order valence-electron chi connectivity index (χ1n) is 24.1. The standard InChI is InChI=1S/C66H49N5/c1-8-24-50(25-9-1)67(51-26-10-2-11-27-51)57-38-22-40-59(46-57)69(54-32-16-5-17-33-54)61-42-44-65-63(48-61)64-49-62(43-45-66(64)71(65)56-36-20-7-21-37-56)70(55-34-18-6-19-35-55)60-41-23-39-58(47-60)68(52-28-12-3-13-29-52)53-30-14-4-15-31-53/h1-49H. The average molecular weight is 912 g/mol. The first kappa shape index (κ1) is 42.8. The summed E-state index contributed by atoms with van der Waals surface area (Å²) in [6, 6.07) is 106. The number of fused-ring (bicyclic) bond motifs is 3. The van der Waals surface area contributed by atoms with E-state index < -0.39 is 0 Å². The molecular weight excluding hydrogens is 863 g/mol. The van der Waals surface area contributed by atoms with E-state index in [0.717, 1.165) is 95.7 Å². The second-order valence-corrected chi connectivity index (χ2v) is 17.5. The molecule has 0 radical (unpaired) electrons. The molecule has 1 aromatic heterocycles. The zero-order chi connectivity index (χ0) is 47.3. The van der Waals surface area contributed by atoms with Crippen LogP contribution in [0.3, 0.4) is 0 Å². The van der Waals surface area contributed by atoms with Crippen LogP contribution in [-0.2, 0) is 0 Å². The molecule has 0 aliphatic carbocycles. The van der Waals surface area contributed by atoms with Crippen LogP contribution < -0.4 is 19.6 Å². The van der Waals surface area contributed by atoms with Gasteiger partial charge in [-0.25, -0.2) is 0 Å². The van der Waals surface area contributed by atoms with Gasteiger partial charge in [0.2, 0.25) is 0 Å². The summed E-state index contributed by atoms with van der Waals surface area (Å²) < 4.78 is 2.40. The smallest absolute Gasteiger partial charge is 0.0542 e. The Kier molecular flexibility index (Phi) is 11.6. The van der Waals surface area contributed by atoms with Crippen LogP contribution in [0.4, 0.5) is 68.2 Å². The molecule has 12 rings (SSSR count). The summed E-state index contributed by atoms with van der Waals surface area (Å²) in [5.74, 6) is 0. The van der Waals surface area contributed by atoms with E-state index in [1.165, 1.54) is 0 Å². The highest BCUT2D eigenvalue weighted by Gasteiger charge is 2.22. The van der Waals surface area contributed by atoms with Crippen LogP contribution >= 0.6 is 0 Å². The lowest BCUT2D eigenvalue weighted by Crippen LogP contribution is -2.13. The van der Waals surface area contributed by atoms with Crippen molar-refractivity contribution in [3.63, 3.8) is 0 Å². The van der Waals surface area contributed by atoms with Crippen molar-refractivity contribution >= 4 is 90.1 Å². The van der Waals surface area contributed by atoms with Crippen molar-refractivity contribution in [2.24, 2.45) is 0 Å². The molecule has 5 nitrogen and oxygen atoms in total. The normalized spacial score (nSPS) is 11.1. The fraction of sp³-hybridized carbons (Fsp3) is 0.